The van der Waals surface area contributed by atoms with Crippen molar-refractivity contribution in [1.82, 2.24) is 9.97 Å². The van der Waals surface area contributed by atoms with Gasteiger partial charge in [0.05, 0.1) is 5.52 Å². The van der Waals surface area contributed by atoms with Crippen molar-refractivity contribution in [3.63, 3.8) is 0 Å². The van der Waals surface area contributed by atoms with Gasteiger partial charge in [-0.2, -0.15) is 0 Å². The second-order valence-corrected chi connectivity index (χ2v) is 6.11. The van der Waals surface area contributed by atoms with Crippen LogP contribution in [-0.4, -0.2) is 9.97 Å². The number of fused-ring (bicyclic) bond motifs is 1. The summed E-state index contributed by atoms with van der Waals surface area (Å²) in [6.07, 6.45) is 1.58. The summed E-state index contributed by atoms with van der Waals surface area (Å²) in [6, 6.07) is 14.4. The lowest BCUT2D eigenvalue weighted by atomic mass is 10.0. The van der Waals surface area contributed by atoms with Gasteiger partial charge in [0.25, 0.3) is 0 Å². The molecule has 0 bridgehead atoms. The van der Waals surface area contributed by atoms with Gasteiger partial charge >= 0.3 is 0 Å². The van der Waals surface area contributed by atoms with Gasteiger partial charge in [0, 0.05) is 15.5 Å². The number of para-hydroxylation sites is 1. The Balaban J connectivity index is 1.96. The smallest absolute Gasteiger partial charge is 0.141 e. The third-order valence-corrected chi connectivity index (χ3v) is 4.10. The molecule has 4 heteroatoms. The first-order valence-corrected chi connectivity index (χ1v) is 7.70. The molecule has 0 aliphatic rings. The summed E-state index contributed by atoms with van der Waals surface area (Å²) in [6.45, 7) is 4.38. The maximum Gasteiger partial charge on any atom is 0.141 e. The number of benzene rings is 2. The third-order valence-electron chi connectivity index (χ3n) is 3.46. The van der Waals surface area contributed by atoms with Gasteiger partial charge in [0.15, 0.2) is 0 Å². The molecule has 0 saturated carbocycles. The van der Waals surface area contributed by atoms with E-state index >= 15 is 0 Å². The van der Waals surface area contributed by atoms with Crippen LogP contribution in [0.5, 0.6) is 0 Å². The van der Waals surface area contributed by atoms with Crippen LogP contribution in [0.3, 0.4) is 0 Å². The first-order valence-electron chi connectivity index (χ1n) is 6.91. The summed E-state index contributed by atoms with van der Waals surface area (Å²) in [5, 5.41) is 4.37. The van der Waals surface area contributed by atoms with E-state index in [1.54, 1.807) is 6.33 Å². The molecule has 1 heterocycles. The van der Waals surface area contributed by atoms with Gasteiger partial charge in [-0.1, -0.05) is 32.0 Å². The molecule has 0 aliphatic carbocycles. The van der Waals surface area contributed by atoms with Gasteiger partial charge in [0.2, 0.25) is 0 Å². The molecule has 0 saturated heterocycles. The van der Waals surface area contributed by atoms with Crippen molar-refractivity contribution in [2.45, 2.75) is 19.8 Å². The van der Waals surface area contributed by atoms with Crippen LogP contribution in [0.15, 0.2) is 53.3 Å². The van der Waals surface area contributed by atoms with E-state index in [-0.39, 0.29) is 0 Å². The van der Waals surface area contributed by atoms with Crippen molar-refractivity contribution in [3.05, 3.63) is 58.8 Å². The SMILES string of the molecule is CC(C)c1ccc(Nc2ncnc3c(Br)cccc23)cc1. The molecule has 0 spiro atoms. The maximum atomic E-state index is 4.36. The Kier molecular flexibility index (Phi) is 3.88. The van der Waals surface area contributed by atoms with Gasteiger partial charge in [-0.15, -0.1) is 0 Å². The Morgan fingerprint density at radius 2 is 1.76 bits per heavy atom. The zero-order valence-electron chi connectivity index (χ0n) is 12.0. The third kappa shape index (κ3) is 2.90. The molecule has 1 N–H and O–H groups in total. The number of nitrogens with zero attached hydrogens (tertiary/aromatic N) is 2. The topological polar surface area (TPSA) is 37.8 Å². The van der Waals surface area contributed by atoms with E-state index in [4.69, 9.17) is 0 Å². The van der Waals surface area contributed by atoms with Crippen molar-refractivity contribution in [3.8, 4) is 0 Å². The van der Waals surface area contributed by atoms with Gasteiger partial charge < -0.3 is 5.32 Å². The van der Waals surface area contributed by atoms with Crippen LogP contribution < -0.4 is 5.32 Å². The summed E-state index contributed by atoms with van der Waals surface area (Å²) in [5.74, 6) is 1.36. The minimum absolute atomic E-state index is 0.537. The molecule has 0 aliphatic heterocycles. The van der Waals surface area contributed by atoms with E-state index < -0.39 is 0 Å². The lowest BCUT2D eigenvalue weighted by molar-refractivity contribution is 0.867. The van der Waals surface area contributed by atoms with Crippen LogP contribution >= 0.6 is 15.9 Å². The van der Waals surface area contributed by atoms with Crippen LogP contribution in [0.2, 0.25) is 0 Å². The summed E-state index contributed by atoms with van der Waals surface area (Å²) in [5.41, 5.74) is 3.27. The molecule has 0 amide bonds. The van der Waals surface area contributed by atoms with Crippen LogP contribution in [0.1, 0.15) is 25.3 Å². The number of nitrogens with one attached hydrogen (secondary N) is 1. The highest BCUT2D eigenvalue weighted by molar-refractivity contribution is 9.10. The van der Waals surface area contributed by atoms with Crippen LogP contribution in [-0.2, 0) is 0 Å². The highest BCUT2D eigenvalue weighted by Gasteiger charge is 2.06. The van der Waals surface area contributed by atoms with Crippen molar-refractivity contribution < 1.29 is 0 Å². The zero-order valence-corrected chi connectivity index (χ0v) is 13.6. The quantitative estimate of drug-likeness (QED) is 0.706. The lowest BCUT2D eigenvalue weighted by Gasteiger charge is -2.10. The molecule has 0 unspecified atom stereocenters. The van der Waals surface area contributed by atoms with Crippen molar-refractivity contribution in [2.75, 3.05) is 5.32 Å². The minimum atomic E-state index is 0.537. The fraction of sp³-hybridized carbons (Fsp3) is 0.176. The average Bonchev–Trinajstić information content (AvgIpc) is 2.49. The lowest BCUT2D eigenvalue weighted by Crippen LogP contribution is -1.97. The molecular formula is C17H16BrN3. The van der Waals surface area contributed by atoms with E-state index in [9.17, 15) is 0 Å². The van der Waals surface area contributed by atoms with E-state index in [0.717, 1.165) is 26.9 Å². The number of halogens is 1. The van der Waals surface area contributed by atoms with Gasteiger partial charge in [0.1, 0.15) is 12.1 Å². The second-order valence-electron chi connectivity index (χ2n) is 5.26. The fourth-order valence-electron chi connectivity index (χ4n) is 2.24. The van der Waals surface area contributed by atoms with E-state index in [1.807, 2.05) is 18.2 Å². The molecule has 0 radical (unpaired) electrons. The highest BCUT2D eigenvalue weighted by Crippen LogP contribution is 2.28. The molecule has 1 aromatic heterocycles. The monoisotopic (exact) mass is 341 g/mol. The number of rotatable bonds is 3. The van der Waals surface area contributed by atoms with E-state index in [0.29, 0.717) is 5.92 Å². The summed E-state index contributed by atoms with van der Waals surface area (Å²) in [7, 11) is 0. The summed E-state index contributed by atoms with van der Waals surface area (Å²) in [4.78, 5) is 8.68. The number of hydrogen-bond donors (Lipinski definition) is 1. The maximum absolute atomic E-state index is 4.36. The van der Waals surface area contributed by atoms with Crippen LogP contribution in [0, 0.1) is 0 Å². The zero-order chi connectivity index (χ0) is 14.8. The molecular weight excluding hydrogens is 326 g/mol. The molecule has 0 fully saturated rings. The molecule has 106 valence electrons. The van der Waals surface area contributed by atoms with Crippen LogP contribution in [0.4, 0.5) is 11.5 Å². The first kappa shape index (κ1) is 14.0. The van der Waals surface area contributed by atoms with E-state index in [1.165, 1.54) is 5.56 Å². The molecule has 3 rings (SSSR count). The molecule has 3 aromatic rings. The molecule has 21 heavy (non-hydrogen) atoms. The number of anilines is 2. The first-order chi connectivity index (χ1) is 10.1. The normalized spacial score (nSPS) is 11.0. The molecule has 3 nitrogen and oxygen atoms in total. The standard InChI is InChI=1S/C17H16BrN3/c1-11(2)12-6-8-13(9-7-12)21-17-14-4-3-5-15(18)16(14)19-10-20-17/h3-11H,1-2H3,(H,19,20,21). The Labute approximate surface area is 132 Å². The minimum Gasteiger partial charge on any atom is -0.340 e. The van der Waals surface area contributed by atoms with Crippen LogP contribution in [0.25, 0.3) is 10.9 Å². The van der Waals surface area contributed by atoms with Gasteiger partial charge in [-0.3, -0.25) is 0 Å². The average molecular weight is 342 g/mol. The van der Waals surface area contributed by atoms with Gasteiger partial charge in [-0.25, -0.2) is 9.97 Å². The number of aromatic nitrogens is 2. The Morgan fingerprint density at radius 1 is 1.00 bits per heavy atom. The predicted molar refractivity (Wildman–Crippen MR) is 91.1 cm³/mol. The van der Waals surface area contributed by atoms with Gasteiger partial charge in [-0.05, 0) is 51.7 Å². The van der Waals surface area contributed by atoms with Crippen molar-refractivity contribution >= 4 is 38.3 Å². The fourth-order valence-corrected chi connectivity index (χ4v) is 2.71. The molecule has 2 aromatic carbocycles. The second kappa shape index (κ2) is 5.82. The number of hydrogen-bond acceptors (Lipinski definition) is 3. The predicted octanol–water partition coefficient (Wildman–Crippen LogP) is 5.26. The largest absolute Gasteiger partial charge is 0.340 e. The van der Waals surface area contributed by atoms with E-state index in [2.05, 4.69) is 69.3 Å². The van der Waals surface area contributed by atoms with Crippen molar-refractivity contribution in [2.24, 2.45) is 0 Å². The highest BCUT2D eigenvalue weighted by atomic mass is 79.9. The summed E-state index contributed by atoms with van der Waals surface area (Å²) >= 11 is 3.52. The summed E-state index contributed by atoms with van der Waals surface area (Å²) < 4.78 is 0.973. The Bertz CT molecular complexity index is 767. The Morgan fingerprint density at radius 3 is 2.48 bits per heavy atom. The molecule has 0 atom stereocenters. The Hall–Kier alpha value is -1.94. The van der Waals surface area contributed by atoms with Crippen molar-refractivity contribution in [1.29, 1.82) is 0 Å².